The molecule has 1 aromatic heterocycles. The van der Waals surface area contributed by atoms with Crippen molar-refractivity contribution in [1.82, 2.24) is 4.98 Å². The van der Waals surface area contributed by atoms with Gasteiger partial charge in [0.15, 0.2) is 5.92 Å². The first-order valence-electron chi connectivity index (χ1n) is 6.07. The summed E-state index contributed by atoms with van der Waals surface area (Å²) in [6, 6.07) is 3.16. The van der Waals surface area contributed by atoms with Gasteiger partial charge < -0.3 is 9.47 Å². The first-order chi connectivity index (χ1) is 9.58. The predicted molar refractivity (Wildman–Crippen MR) is 74.2 cm³/mol. The van der Waals surface area contributed by atoms with Crippen LogP contribution in [0.4, 0.5) is 5.69 Å². The van der Waals surface area contributed by atoms with Crippen LogP contribution in [0.3, 0.4) is 0 Å². The van der Waals surface area contributed by atoms with E-state index in [4.69, 9.17) is 21.1 Å². The molecule has 7 heteroatoms. The molecular formula is C13H15ClN2O4. The molecule has 0 unspecified atom stereocenters. The summed E-state index contributed by atoms with van der Waals surface area (Å²) in [7, 11) is 0. The largest absolute Gasteiger partial charge is 0.465 e. The van der Waals surface area contributed by atoms with Gasteiger partial charge in [0.25, 0.3) is 0 Å². The van der Waals surface area contributed by atoms with Crippen molar-refractivity contribution in [2.24, 2.45) is 10.9 Å². The molecule has 20 heavy (non-hydrogen) atoms. The zero-order chi connectivity index (χ0) is 15.0. The van der Waals surface area contributed by atoms with Crippen molar-refractivity contribution in [1.29, 1.82) is 0 Å². The molecule has 0 aromatic carbocycles. The summed E-state index contributed by atoms with van der Waals surface area (Å²) in [6.07, 6.45) is 2.60. The van der Waals surface area contributed by atoms with Crippen LogP contribution in [0.15, 0.2) is 23.3 Å². The Balaban J connectivity index is 2.85. The maximum Gasteiger partial charge on any atom is 0.325 e. The minimum atomic E-state index is -1.19. The average Bonchev–Trinajstić information content (AvgIpc) is 2.42. The van der Waals surface area contributed by atoms with E-state index in [1.54, 1.807) is 26.0 Å². The van der Waals surface area contributed by atoms with Crippen molar-refractivity contribution < 1.29 is 19.1 Å². The summed E-state index contributed by atoms with van der Waals surface area (Å²) in [4.78, 5) is 31.2. The zero-order valence-electron chi connectivity index (χ0n) is 11.2. The number of aromatic nitrogens is 1. The molecular weight excluding hydrogens is 284 g/mol. The minimum Gasteiger partial charge on any atom is -0.465 e. The third kappa shape index (κ3) is 4.97. The summed E-state index contributed by atoms with van der Waals surface area (Å²) in [5.41, 5.74) is 0.466. The van der Waals surface area contributed by atoms with Crippen LogP contribution < -0.4 is 0 Å². The fourth-order valence-electron chi connectivity index (χ4n) is 1.29. The smallest absolute Gasteiger partial charge is 0.325 e. The van der Waals surface area contributed by atoms with Gasteiger partial charge in [-0.25, -0.2) is 4.98 Å². The predicted octanol–water partition coefficient (Wildman–Crippen LogP) is 2.18. The Morgan fingerprint density at radius 3 is 2.35 bits per heavy atom. The quantitative estimate of drug-likeness (QED) is 0.348. The van der Waals surface area contributed by atoms with Crippen molar-refractivity contribution >= 4 is 35.4 Å². The monoisotopic (exact) mass is 298 g/mol. The number of carbonyl (C=O) groups is 2. The van der Waals surface area contributed by atoms with Gasteiger partial charge in [-0.2, -0.15) is 0 Å². The summed E-state index contributed by atoms with van der Waals surface area (Å²) in [5, 5.41) is 0.330. The van der Waals surface area contributed by atoms with Gasteiger partial charge in [0.05, 0.1) is 25.1 Å². The second-order valence-electron chi connectivity index (χ2n) is 3.60. The number of pyridine rings is 1. The van der Waals surface area contributed by atoms with Crippen LogP contribution in [0.1, 0.15) is 13.8 Å². The van der Waals surface area contributed by atoms with Gasteiger partial charge in [-0.15, -0.1) is 0 Å². The Kier molecular flexibility index (Phi) is 6.66. The number of hydrogen-bond donors (Lipinski definition) is 0. The second-order valence-corrected chi connectivity index (χ2v) is 3.99. The van der Waals surface area contributed by atoms with Crippen LogP contribution >= 0.6 is 11.6 Å². The normalized spacial score (nSPS) is 10.8. The summed E-state index contributed by atoms with van der Waals surface area (Å²) >= 11 is 5.65. The van der Waals surface area contributed by atoms with Crippen LogP contribution in [-0.4, -0.2) is 36.4 Å². The Morgan fingerprint density at radius 2 is 1.90 bits per heavy atom. The molecule has 1 heterocycles. The van der Waals surface area contributed by atoms with Crippen LogP contribution in [0, 0.1) is 5.92 Å². The van der Waals surface area contributed by atoms with Crippen molar-refractivity contribution in [2.75, 3.05) is 13.2 Å². The molecule has 0 N–H and O–H groups in total. The van der Waals surface area contributed by atoms with Crippen molar-refractivity contribution in [3.63, 3.8) is 0 Å². The van der Waals surface area contributed by atoms with E-state index in [-0.39, 0.29) is 13.2 Å². The van der Waals surface area contributed by atoms with Crippen molar-refractivity contribution in [2.45, 2.75) is 13.8 Å². The van der Waals surface area contributed by atoms with Gasteiger partial charge in [-0.3, -0.25) is 14.6 Å². The highest BCUT2D eigenvalue weighted by Crippen LogP contribution is 2.13. The van der Waals surface area contributed by atoms with E-state index in [1.807, 2.05) is 0 Å². The molecule has 0 radical (unpaired) electrons. The lowest BCUT2D eigenvalue weighted by molar-refractivity contribution is -0.157. The first kappa shape index (κ1) is 16.1. The van der Waals surface area contributed by atoms with E-state index in [0.29, 0.717) is 10.8 Å². The van der Waals surface area contributed by atoms with E-state index >= 15 is 0 Å². The lowest BCUT2D eigenvalue weighted by atomic mass is 10.2. The molecule has 0 fully saturated rings. The molecule has 0 spiro atoms. The van der Waals surface area contributed by atoms with Gasteiger partial charge in [0.2, 0.25) is 0 Å². The number of esters is 2. The maximum absolute atomic E-state index is 11.7. The SMILES string of the molecule is CCOC(=O)C(C=Nc1ccc(Cl)nc1)C(=O)OCC. The molecule has 1 aromatic rings. The van der Waals surface area contributed by atoms with Gasteiger partial charge in [-0.05, 0) is 26.0 Å². The number of aliphatic imine (C=N–C) groups is 1. The number of hydrogen-bond acceptors (Lipinski definition) is 6. The van der Waals surface area contributed by atoms with Crippen LogP contribution in [0.5, 0.6) is 0 Å². The molecule has 0 aliphatic heterocycles. The highest BCUT2D eigenvalue weighted by atomic mass is 35.5. The third-order valence-electron chi connectivity index (χ3n) is 2.17. The fraction of sp³-hybridized carbons (Fsp3) is 0.385. The van der Waals surface area contributed by atoms with E-state index < -0.39 is 17.9 Å². The Labute approximate surface area is 121 Å². The maximum atomic E-state index is 11.7. The van der Waals surface area contributed by atoms with Crippen LogP contribution in [0.2, 0.25) is 5.15 Å². The first-order valence-corrected chi connectivity index (χ1v) is 6.45. The molecule has 1 rings (SSSR count). The molecule has 108 valence electrons. The topological polar surface area (TPSA) is 77.9 Å². The standard InChI is InChI=1S/C13H15ClN2O4/c1-3-19-12(17)10(13(18)20-4-2)8-15-9-5-6-11(14)16-7-9/h5-8,10H,3-4H2,1-2H3. The summed E-state index contributed by atoms with van der Waals surface area (Å²) < 4.78 is 9.62. The number of rotatable bonds is 6. The van der Waals surface area contributed by atoms with Gasteiger partial charge in [0.1, 0.15) is 5.15 Å². The molecule has 0 saturated carbocycles. The van der Waals surface area contributed by atoms with E-state index in [9.17, 15) is 9.59 Å². The van der Waals surface area contributed by atoms with Crippen molar-refractivity contribution in [3.05, 3.63) is 23.5 Å². The number of nitrogens with zero attached hydrogens (tertiary/aromatic N) is 2. The lowest BCUT2D eigenvalue weighted by Crippen LogP contribution is -2.29. The van der Waals surface area contributed by atoms with Gasteiger partial charge >= 0.3 is 11.9 Å². The average molecular weight is 299 g/mol. The van der Waals surface area contributed by atoms with E-state index in [0.717, 1.165) is 0 Å². The minimum absolute atomic E-state index is 0.172. The highest BCUT2D eigenvalue weighted by Gasteiger charge is 2.27. The van der Waals surface area contributed by atoms with Crippen LogP contribution in [-0.2, 0) is 19.1 Å². The second kappa shape index (κ2) is 8.27. The third-order valence-corrected chi connectivity index (χ3v) is 2.39. The van der Waals surface area contributed by atoms with Gasteiger partial charge in [-0.1, -0.05) is 11.6 Å². The molecule has 0 saturated heterocycles. The van der Waals surface area contributed by atoms with E-state index in [2.05, 4.69) is 9.98 Å². The highest BCUT2D eigenvalue weighted by molar-refractivity contribution is 6.29. The molecule has 0 bridgehead atoms. The molecule has 6 nitrogen and oxygen atoms in total. The Bertz CT molecular complexity index is 470. The molecule has 0 amide bonds. The van der Waals surface area contributed by atoms with Crippen LogP contribution in [0.25, 0.3) is 0 Å². The number of carbonyl (C=O) groups excluding carboxylic acids is 2. The van der Waals surface area contributed by atoms with Gasteiger partial charge in [0, 0.05) is 6.21 Å². The fourth-order valence-corrected chi connectivity index (χ4v) is 1.40. The summed E-state index contributed by atoms with van der Waals surface area (Å²) in [6.45, 7) is 3.65. The number of halogens is 1. The Hall–Kier alpha value is -1.95. The Morgan fingerprint density at radius 1 is 1.30 bits per heavy atom. The summed E-state index contributed by atoms with van der Waals surface area (Å²) in [5.74, 6) is -2.58. The molecule has 0 aliphatic carbocycles. The molecule has 0 aliphatic rings. The van der Waals surface area contributed by atoms with E-state index in [1.165, 1.54) is 12.4 Å². The van der Waals surface area contributed by atoms with Crippen molar-refractivity contribution in [3.8, 4) is 0 Å². The lowest BCUT2D eigenvalue weighted by Gasteiger charge is -2.09. The zero-order valence-corrected chi connectivity index (χ0v) is 12.0. The molecule has 0 atom stereocenters. The number of ether oxygens (including phenoxy) is 2.